The van der Waals surface area contributed by atoms with E-state index in [-0.39, 0.29) is 24.8 Å². The summed E-state index contributed by atoms with van der Waals surface area (Å²) >= 11 is 1.34. The zero-order valence-electron chi connectivity index (χ0n) is 15.1. The average molecular weight is 387 g/mol. The molecule has 1 aromatic heterocycles. The normalized spacial score (nSPS) is 17.2. The van der Waals surface area contributed by atoms with Crippen LogP contribution in [0, 0.1) is 5.92 Å². The fourth-order valence-electron chi connectivity index (χ4n) is 2.74. The molecule has 2 aromatic rings. The first-order valence-electron chi connectivity index (χ1n) is 8.55. The Labute approximate surface area is 160 Å². The molecular weight excluding hydrogens is 366 g/mol. The van der Waals surface area contributed by atoms with E-state index in [1.165, 1.54) is 30.1 Å². The summed E-state index contributed by atoms with van der Waals surface area (Å²) in [5.41, 5.74) is 5.22. The van der Waals surface area contributed by atoms with Crippen LogP contribution in [0.4, 0.5) is 5.13 Å². The number of aromatic nitrogens is 2. The largest absolute Gasteiger partial charge is 0.368 e. The van der Waals surface area contributed by atoms with Crippen LogP contribution in [-0.2, 0) is 20.8 Å². The van der Waals surface area contributed by atoms with E-state index in [2.05, 4.69) is 15.5 Å². The van der Waals surface area contributed by atoms with Gasteiger partial charge in [-0.05, 0) is 19.4 Å². The molecule has 3 amide bonds. The van der Waals surface area contributed by atoms with Crippen LogP contribution in [0.3, 0.4) is 0 Å². The second-order valence-electron chi connectivity index (χ2n) is 7.02. The van der Waals surface area contributed by atoms with Crippen molar-refractivity contribution in [1.82, 2.24) is 15.5 Å². The van der Waals surface area contributed by atoms with Gasteiger partial charge in [0.2, 0.25) is 22.9 Å². The van der Waals surface area contributed by atoms with Gasteiger partial charge in [0.05, 0.1) is 5.92 Å². The number of hydrogen-bond acceptors (Lipinski definition) is 6. The predicted octanol–water partition coefficient (Wildman–Crippen LogP) is 0.862. The number of rotatable bonds is 6. The maximum Gasteiger partial charge on any atom is 0.242 e. The molecule has 0 spiro atoms. The number of carbonyl (C=O) groups excluding carboxylic acids is 3. The van der Waals surface area contributed by atoms with Crippen LogP contribution < -0.4 is 16.0 Å². The maximum atomic E-state index is 12.4. The first kappa shape index (κ1) is 19.0. The van der Waals surface area contributed by atoms with Gasteiger partial charge in [-0.1, -0.05) is 41.7 Å². The Hall–Kier alpha value is -2.81. The first-order valence-corrected chi connectivity index (χ1v) is 9.36. The summed E-state index contributed by atoms with van der Waals surface area (Å²) in [6.07, 6.45) is 0.700. The second-order valence-corrected chi connectivity index (χ2v) is 8.07. The van der Waals surface area contributed by atoms with Gasteiger partial charge in [-0.25, -0.2) is 0 Å². The highest BCUT2D eigenvalue weighted by Gasteiger charge is 2.39. The minimum atomic E-state index is -1.17. The third-order valence-electron chi connectivity index (χ3n) is 4.43. The summed E-state index contributed by atoms with van der Waals surface area (Å²) in [5.74, 6) is -1.75. The summed E-state index contributed by atoms with van der Waals surface area (Å²) in [7, 11) is 0. The highest BCUT2D eigenvalue weighted by atomic mass is 32.1. The standard InChI is InChI=1S/C18H21N5O3S/c1-18(2,16(19)26)20-15(25)12-9-14(24)23(10-12)17-22-21-13(27-17)8-11-6-4-3-5-7-11/h3-7,12H,8-10H2,1-2H3,(H2,19,26)(H,20,25). The summed E-state index contributed by atoms with van der Waals surface area (Å²) < 4.78 is 0. The fraction of sp³-hybridized carbons (Fsp3) is 0.389. The molecule has 1 aliphatic rings. The van der Waals surface area contributed by atoms with E-state index in [4.69, 9.17) is 5.73 Å². The summed E-state index contributed by atoms with van der Waals surface area (Å²) in [6, 6.07) is 9.87. The highest BCUT2D eigenvalue weighted by Crippen LogP contribution is 2.29. The maximum absolute atomic E-state index is 12.4. The number of nitrogens with one attached hydrogen (secondary N) is 1. The summed E-state index contributed by atoms with van der Waals surface area (Å²) in [5, 5.41) is 12.1. The highest BCUT2D eigenvalue weighted by molar-refractivity contribution is 7.15. The van der Waals surface area contributed by atoms with E-state index in [9.17, 15) is 14.4 Å². The lowest BCUT2D eigenvalue weighted by atomic mass is 10.0. The van der Waals surface area contributed by atoms with Crippen LogP contribution in [0.25, 0.3) is 0 Å². The van der Waals surface area contributed by atoms with Crippen LogP contribution in [0.5, 0.6) is 0 Å². The molecule has 9 heteroatoms. The van der Waals surface area contributed by atoms with Crippen LogP contribution in [0.2, 0.25) is 0 Å². The molecule has 1 fully saturated rings. The molecule has 0 saturated carbocycles. The van der Waals surface area contributed by atoms with Crippen LogP contribution in [0.15, 0.2) is 30.3 Å². The fourth-order valence-corrected chi connectivity index (χ4v) is 3.63. The molecule has 0 aliphatic carbocycles. The van der Waals surface area contributed by atoms with Crippen molar-refractivity contribution in [2.24, 2.45) is 11.7 Å². The Morgan fingerprint density at radius 2 is 2.00 bits per heavy atom. The van der Waals surface area contributed by atoms with Crippen LogP contribution in [0.1, 0.15) is 30.8 Å². The monoisotopic (exact) mass is 387 g/mol. The van der Waals surface area contributed by atoms with Crippen molar-refractivity contribution >= 4 is 34.2 Å². The molecule has 27 heavy (non-hydrogen) atoms. The number of carbonyl (C=O) groups is 3. The van der Waals surface area contributed by atoms with Crippen molar-refractivity contribution in [2.75, 3.05) is 11.4 Å². The Bertz CT molecular complexity index is 865. The number of primary amides is 1. The molecule has 1 unspecified atom stereocenters. The third kappa shape index (κ3) is 4.30. The lowest BCUT2D eigenvalue weighted by Crippen LogP contribution is -2.54. The summed E-state index contributed by atoms with van der Waals surface area (Å²) in [4.78, 5) is 37.6. The Kier molecular flexibility index (Phi) is 5.22. The topological polar surface area (TPSA) is 118 Å². The first-order chi connectivity index (χ1) is 12.8. The Morgan fingerprint density at radius 1 is 1.30 bits per heavy atom. The van der Waals surface area contributed by atoms with Crippen molar-refractivity contribution in [3.05, 3.63) is 40.9 Å². The SMILES string of the molecule is CC(C)(NC(=O)C1CC(=O)N(c2nnc(Cc3ccccc3)s2)C1)C(N)=O. The van der Waals surface area contributed by atoms with Gasteiger partial charge in [0.1, 0.15) is 10.5 Å². The molecule has 0 bridgehead atoms. The lowest BCUT2D eigenvalue weighted by Gasteiger charge is -2.24. The van der Waals surface area contributed by atoms with E-state index in [1.807, 2.05) is 30.3 Å². The molecule has 1 saturated heterocycles. The van der Waals surface area contributed by atoms with Gasteiger partial charge in [-0.3, -0.25) is 19.3 Å². The van der Waals surface area contributed by atoms with Crippen molar-refractivity contribution < 1.29 is 14.4 Å². The van der Waals surface area contributed by atoms with Crippen molar-refractivity contribution in [3.63, 3.8) is 0 Å². The van der Waals surface area contributed by atoms with E-state index in [1.54, 1.807) is 0 Å². The lowest BCUT2D eigenvalue weighted by molar-refractivity contribution is -0.132. The van der Waals surface area contributed by atoms with Gasteiger partial charge in [0.15, 0.2) is 0 Å². The molecule has 3 rings (SSSR count). The van der Waals surface area contributed by atoms with Crippen LogP contribution in [-0.4, -0.2) is 40.0 Å². The number of amides is 3. The molecule has 8 nitrogen and oxygen atoms in total. The number of anilines is 1. The van der Waals surface area contributed by atoms with Gasteiger partial charge in [0, 0.05) is 19.4 Å². The smallest absolute Gasteiger partial charge is 0.242 e. The molecular formula is C18H21N5O3S. The van der Waals surface area contributed by atoms with E-state index < -0.39 is 17.4 Å². The van der Waals surface area contributed by atoms with E-state index in [0.29, 0.717) is 11.6 Å². The second kappa shape index (κ2) is 7.43. The molecule has 0 radical (unpaired) electrons. The molecule has 142 valence electrons. The Balaban J connectivity index is 1.66. The van der Waals surface area contributed by atoms with Crippen molar-refractivity contribution in [3.8, 4) is 0 Å². The minimum absolute atomic E-state index is 0.0638. The van der Waals surface area contributed by atoms with Crippen molar-refractivity contribution in [2.45, 2.75) is 32.2 Å². The predicted molar refractivity (Wildman–Crippen MR) is 101 cm³/mol. The number of hydrogen-bond donors (Lipinski definition) is 2. The van der Waals surface area contributed by atoms with Gasteiger partial charge < -0.3 is 11.1 Å². The number of nitrogens with two attached hydrogens (primary N) is 1. The minimum Gasteiger partial charge on any atom is -0.368 e. The summed E-state index contributed by atoms with van der Waals surface area (Å²) in [6.45, 7) is 3.27. The Morgan fingerprint density at radius 3 is 2.67 bits per heavy atom. The molecule has 1 aliphatic heterocycles. The van der Waals surface area contributed by atoms with Gasteiger partial charge in [-0.2, -0.15) is 0 Å². The molecule has 1 aromatic carbocycles. The van der Waals surface area contributed by atoms with Crippen LogP contribution >= 0.6 is 11.3 Å². The average Bonchev–Trinajstić information content (AvgIpc) is 3.21. The van der Waals surface area contributed by atoms with Gasteiger partial charge in [0.25, 0.3) is 0 Å². The number of nitrogens with zero attached hydrogens (tertiary/aromatic N) is 3. The van der Waals surface area contributed by atoms with E-state index >= 15 is 0 Å². The quantitative estimate of drug-likeness (QED) is 0.762. The van der Waals surface area contributed by atoms with Crippen molar-refractivity contribution in [1.29, 1.82) is 0 Å². The van der Waals surface area contributed by atoms with Gasteiger partial charge in [-0.15, -0.1) is 10.2 Å². The zero-order valence-corrected chi connectivity index (χ0v) is 16.0. The molecule has 2 heterocycles. The third-order valence-corrected chi connectivity index (χ3v) is 5.38. The van der Waals surface area contributed by atoms with Gasteiger partial charge >= 0.3 is 0 Å². The molecule has 3 N–H and O–H groups in total. The number of benzene rings is 1. The zero-order chi connectivity index (χ0) is 19.6. The molecule has 1 atom stereocenters. The van der Waals surface area contributed by atoms with E-state index in [0.717, 1.165) is 10.6 Å².